The van der Waals surface area contributed by atoms with E-state index in [-0.39, 0.29) is 16.8 Å². The van der Waals surface area contributed by atoms with Gasteiger partial charge in [0, 0.05) is 6.07 Å². The molecule has 0 unspecified atom stereocenters. The third-order valence-corrected chi connectivity index (χ3v) is 3.30. The third-order valence-electron chi connectivity index (χ3n) is 2.40. The molecule has 3 aromatic rings. The second-order valence-electron chi connectivity index (χ2n) is 3.68. The van der Waals surface area contributed by atoms with Gasteiger partial charge >= 0.3 is 0 Å². The Morgan fingerprint density at radius 3 is 2.75 bits per heavy atom. The Labute approximate surface area is 116 Å². The molecule has 8 heteroatoms. The molecule has 0 fully saturated rings. The normalized spacial score (nSPS) is 10.6. The zero-order valence-electron chi connectivity index (χ0n) is 9.92. The number of nitro groups is 1. The molecule has 7 nitrogen and oxygen atoms in total. The lowest BCUT2D eigenvalue weighted by Gasteiger charge is -1.97. The van der Waals surface area contributed by atoms with Crippen molar-refractivity contribution in [3.05, 3.63) is 52.8 Å². The van der Waals surface area contributed by atoms with Gasteiger partial charge in [-0.15, -0.1) is 10.2 Å². The van der Waals surface area contributed by atoms with E-state index in [0.717, 1.165) is 11.8 Å². The molecular weight excluding hydrogens is 282 g/mol. The van der Waals surface area contributed by atoms with E-state index in [4.69, 9.17) is 8.83 Å². The van der Waals surface area contributed by atoms with Crippen LogP contribution in [0.2, 0.25) is 0 Å². The van der Waals surface area contributed by atoms with Crippen LogP contribution in [0, 0.1) is 10.1 Å². The summed E-state index contributed by atoms with van der Waals surface area (Å²) in [5.41, 5.74) is -0.00440. The van der Waals surface area contributed by atoms with E-state index in [1.54, 1.807) is 30.3 Å². The summed E-state index contributed by atoms with van der Waals surface area (Å²) in [6.45, 7) is 0. The summed E-state index contributed by atoms with van der Waals surface area (Å²) in [4.78, 5) is 10.9. The maximum absolute atomic E-state index is 10.9. The number of benzene rings is 1. The highest BCUT2D eigenvalue weighted by Crippen LogP contribution is 2.34. The lowest BCUT2D eigenvalue weighted by molar-refractivity contribution is -0.387. The minimum absolute atomic E-state index is 0.00440. The first-order valence-corrected chi connectivity index (χ1v) is 6.34. The molecule has 1 aromatic carbocycles. The van der Waals surface area contributed by atoms with Gasteiger partial charge in [0.2, 0.25) is 0 Å². The molecule has 100 valence electrons. The first-order chi connectivity index (χ1) is 9.74. The number of rotatable bonds is 4. The number of aromatic nitrogens is 2. The number of furan rings is 1. The molecular formula is C12H7N3O4S. The third kappa shape index (κ3) is 2.41. The average Bonchev–Trinajstić information content (AvgIpc) is 3.09. The second kappa shape index (κ2) is 5.17. The molecule has 2 heterocycles. The standard InChI is InChI=1S/C12H7N3O4S/c16-15(17)8-4-1-2-6-10(8)20-12-14-13-11(19-12)9-5-3-7-18-9/h1-7H. The van der Waals surface area contributed by atoms with Crippen molar-refractivity contribution in [1.82, 2.24) is 10.2 Å². The number of hydrogen-bond acceptors (Lipinski definition) is 7. The quantitative estimate of drug-likeness (QED) is 0.536. The molecule has 3 rings (SSSR count). The van der Waals surface area contributed by atoms with E-state index in [1.807, 2.05) is 0 Å². The maximum atomic E-state index is 10.9. The van der Waals surface area contributed by atoms with E-state index in [1.165, 1.54) is 12.3 Å². The highest BCUT2D eigenvalue weighted by molar-refractivity contribution is 7.99. The predicted molar refractivity (Wildman–Crippen MR) is 69.2 cm³/mol. The summed E-state index contributed by atoms with van der Waals surface area (Å²) in [7, 11) is 0. The van der Waals surface area contributed by atoms with Gasteiger partial charge in [-0.25, -0.2) is 0 Å². The van der Waals surface area contributed by atoms with Crippen LogP contribution in [-0.2, 0) is 0 Å². The zero-order chi connectivity index (χ0) is 13.9. The van der Waals surface area contributed by atoms with Gasteiger partial charge in [0.05, 0.1) is 16.1 Å². The molecule has 0 atom stereocenters. The van der Waals surface area contributed by atoms with Crippen LogP contribution in [0.15, 0.2) is 61.6 Å². The van der Waals surface area contributed by atoms with Gasteiger partial charge in [0.1, 0.15) is 0 Å². The molecule has 0 N–H and O–H groups in total. The van der Waals surface area contributed by atoms with Crippen molar-refractivity contribution < 1.29 is 13.8 Å². The van der Waals surface area contributed by atoms with Crippen LogP contribution in [0.3, 0.4) is 0 Å². The Kier molecular flexibility index (Phi) is 3.21. The Morgan fingerprint density at radius 1 is 1.15 bits per heavy atom. The van der Waals surface area contributed by atoms with Gasteiger partial charge in [-0.3, -0.25) is 10.1 Å². The van der Waals surface area contributed by atoms with Crippen LogP contribution in [0.25, 0.3) is 11.7 Å². The van der Waals surface area contributed by atoms with E-state index < -0.39 is 4.92 Å². The summed E-state index contributed by atoms with van der Waals surface area (Å²) in [6, 6.07) is 9.75. The maximum Gasteiger partial charge on any atom is 0.284 e. The predicted octanol–water partition coefficient (Wildman–Crippen LogP) is 3.39. The molecule has 0 aliphatic heterocycles. The molecule has 0 bridgehead atoms. The minimum Gasteiger partial charge on any atom is -0.459 e. The minimum atomic E-state index is -0.452. The van der Waals surface area contributed by atoms with E-state index in [0.29, 0.717) is 10.7 Å². The van der Waals surface area contributed by atoms with Crippen molar-refractivity contribution in [3.63, 3.8) is 0 Å². The van der Waals surface area contributed by atoms with Gasteiger partial charge in [0.15, 0.2) is 5.76 Å². The molecule has 0 spiro atoms. The van der Waals surface area contributed by atoms with E-state index >= 15 is 0 Å². The van der Waals surface area contributed by atoms with Crippen LogP contribution in [-0.4, -0.2) is 15.1 Å². The Morgan fingerprint density at radius 2 is 2.00 bits per heavy atom. The summed E-state index contributed by atoms with van der Waals surface area (Å²) in [5, 5.41) is 18.8. The number of nitro benzene ring substituents is 1. The Hall–Kier alpha value is -2.61. The van der Waals surface area contributed by atoms with E-state index in [9.17, 15) is 10.1 Å². The van der Waals surface area contributed by atoms with Crippen molar-refractivity contribution in [3.8, 4) is 11.7 Å². The van der Waals surface area contributed by atoms with Crippen LogP contribution < -0.4 is 0 Å². The van der Waals surface area contributed by atoms with Gasteiger partial charge in [-0.1, -0.05) is 12.1 Å². The smallest absolute Gasteiger partial charge is 0.284 e. The van der Waals surface area contributed by atoms with Crippen LogP contribution in [0.4, 0.5) is 5.69 Å². The molecule has 0 saturated carbocycles. The molecule has 2 aromatic heterocycles. The van der Waals surface area contributed by atoms with Crippen molar-refractivity contribution in [1.29, 1.82) is 0 Å². The first kappa shape index (κ1) is 12.4. The SMILES string of the molecule is O=[N+]([O-])c1ccccc1Sc1nnc(-c2ccco2)o1. The number of para-hydroxylation sites is 1. The lowest BCUT2D eigenvalue weighted by atomic mass is 10.3. The number of nitrogens with zero attached hydrogens (tertiary/aromatic N) is 3. The number of hydrogen-bond donors (Lipinski definition) is 0. The summed E-state index contributed by atoms with van der Waals surface area (Å²) >= 11 is 1.04. The fraction of sp³-hybridized carbons (Fsp3) is 0. The molecule has 0 radical (unpaired) electrons. The molecule has 0 saturated heterocycles. The fourth-order valence-electron chi connectivity index (χ4n) is 1.54. The van der Waals surface area contributed by atoms with E-state index in [2.05, 4.69) is 10.2 Å². The fourth-order valence-corrected chi connectivity index (χ4v) is 2.32. The average molecular weight is 289 g/mol. The Balaban J connectivity index is 1.87. The molecule has 0 aliphatic rings. The lowest BCUT2D eigenvalue weighted by Crippen LogP contribution is -1.89. The zero-order valence-corrected chi connectivity index (χ0v) is 10.7. The highest BCUT2D eigenvalue weighted by atomic mass is 32.2. The van der Waals surface area contributed by atoms with Crippen molar-refractivity contribution >= 4 is 17.4 Å². The van der Waals surface area contributed by atoms with Gasteiger partial charge in [-0.2, -0.15) is 0 Å². The Bertz CT molecular complexity index is 739. The van der Waals surface area contributed by atoms with Gasteiger partial charge in [-0.05, 0) is 30.0 Å². The largest absolute Gasteiger partial charge is 0.459 e. The molecule has 0 amide bonds. The first-order valence-electron chi connectivity index (χ1n) is 5.52. The van der Waals surface area contributed by atoms with Gasteiger partial charge < -0.3 is 8.83 Å². The second-order valence-corrected chi connectivity index (χ2v) is 4.67. The van der Waals surface area contributed by atoms with Crippen molar-refractivity contribution in [2.24, 2.45) is 0 Å². The summed E-state index contributed by atoms with van der Waals surface area (Å²) in [5.74, 6) is 0.683. The highest BCUT2D eigenvalue weighted by Gasteiger charge is 2.17. The summed E-state index contributed by atoms with van der Waals surface area (Å²) < 4.78 is 10.5. The topological polar surface area (TPSA) is 95.2 Å². The molecule has 20 heavy (non-hydrogen) atoms. The van der Waals surface area contributed by atoms with Crippen LogP contribution in [0.1, 0.15) is 0 Å². The monoisotopic (exact) mass is 289 g/mol. The van der Waals surface area contributed by atoms with Crippen LogP contribution in [0.5, 0.6) is 0 Å². The van der Waals surface area contributed by atoms with Gasteiger partial charge in [0.25, 0.3) is 16.8 Å². The summed E-state index contributed by atoms with van der Waals surface area (Å²) in [6.07, 6.45) is 1.49. The van der Waals surface area contributed by atoms with Crippen molar-refractivity contribution in [2.45, 2.75) is 10.1 Å². The van der Waals surface area contributed by atoms with Crippen LogP contribution >= 0.6 is 11.8 Å². The molecule has 0 aliphatic carbocycles. The van der Waals surface area contributed by atoms with Crippen molar-refractivity contribution in [2.75, 3.05) is 0 Å².